The monoisotopic (exact) mass is 234 g/mol. The fourth-order valence-corrected chi connectivity index (χ4v) is 1.61. The molecule has 1 aromatic heterocycles. The molecule has 17 heavy (non-hydrogen) atoms. The fraction of sp³-hybridized carbons (Fsp3) is 0.167. The number of H-pyrrole nitrogens is 1. The molecule has 4 nitrogen and oxygen atoms in total. The number of imidazole rings is 1. The number of aromatic nitrogens is 2. The van der Waals surface area contributed by atoms with Crippen LogP contribution in [0.5, 0.6) is 0 Å². The molecule has 2 rings (SSSR count). The summed E-state index contributed by atoms with van der Waals surface area (Å²) in [5, 5.41) is 8.96. The van der Waals surface area contributed by atoms with Gasteiger partial charge in [0.05, 0.1) is 0 Å². The number of carboxylic acid groups (broad SMARTS) is 1. The number of hydrogen-bond donors (Lipinski definition) is 2. The standard InChI is InChI=1S/C12H11FN2O2/c1-2-9-10(12(16)17)15-11(14-9)7-4-3-5-8(13)6-7/h3-6H,2H2,1H3,(H,14,15)(H,16,17). The number of carbonyl (C=O) groups is 1. The van der Waals surface area contributed by atoms with Gasteiger partial charge in [0.2, 0.25) is 0 Å². The lowest BCUT2D eigenvalue weighted by Gasteiger charge is -1.95. The van der Waals surface area contributed by atoms with Crippen LogP contribution in [-0.4, -0.2) is 21.0 Å². The van der Waals surface area contributed by atoms with Crippen molar-refractivity contribution in [2.24, 2.45) is 0 Å². The number of hydrogen-bond acceptors (Lipinski definition) is 2. The molecule has 0 saturated carbocycles. The third kappa shape index (κ3) is 2.18. The van der Waals surface area contributed by atoms with Crippen molar-refractivity contribution in [2.75, 3.05) is 0 Å². The van der Waals surface area contributed by atoms with E-state index < -0.39 is 5.97 Å². The van der Waals surface area contributed by atoms with Gasteiger partial charge in [0.15, 0.2) is 5.69 Å². The zero-order valence-electron chi connectivity index (χ0n) is 9.20. The van der Waals surface area contributed by atoms with Crippen LogP contribution in [0, 0.1) is 5.82 Å². The topological polar surface area (TPSA) is 66.0 Å². The average Bonchev–Trinajstić information content (AvgIpc) is 2.73. The predicted molar refractivity (Wildman–Crippen MR) is 60.3 cm³/mol. The molecule has 0 spiro atoms. The Kier molecular flexibility index (Phi) is 2.91. The first-order valence-corrected chi connectivity index (χ1v) is 5.20. The maximum absolute atomic E-state index is 13.0. The highest BCUT2D eigenvalue weighted by molar-refractivity contribution is 5.87. The van der Waals surface area contributed by atoms with Crippen LogP contribution in [-0.2, 0) is 6.42 Å². The number of carboxylic acids is 1. The molecule has 0 bridgehead atoms. The van der Waals surface area contributed by atoms with Gasteiger partial charge < -0.3 is 10.1 Å². The molecule has 0 aliphatic rings. The Hall–Kier alpha value is -2.17. The molecule has 5 heteroatoms. The van der Waals surface area contributed by atoms with E-state index in [4.69, 9.17) is 5.11 Å². The van der Waals surface area contributed by atoms with E-state index in [1.165, 1.54) is 12.1 Å². The van der Waals surface area contributed by atoms with Gasteiger partial charge in [-0.1, -0.05) is 19.1 Å². The zero-order valence-corrected chi connectivity index (χ0v) is 9.20. The molecule has 0 aliphatic heterocycles. The second-order valence-electron chi connectivity index (χ2n) is 3.58. The lowest BCUT2D eigenvalue weighted by atomic mass is 10.2. The summed E-state index contributed by atoms with van der Waals surface area (Å²) < 4.78 is 13.0. The molecule has 0 saturated heterocycles. The first kappa shape index (κ1) is 11.3. The molecule has 2 aromatic rings. The summed E-state index contributed by atoms with van der Waals surface area (Å²) in [6, 6.07) is 5.86. The molecule has 1 heterocycles. The van der Waals surface area contributed by atoms with Crippen molar-refractivity contribution in [1.82, 2.24) is 9.97 Å². The van der Waals surface area contributed by atoms with Crippen LogP contribution in [0.2, 0.25) is 0 Å². The van der Waals surface area contributed by atoms with Crippen molar-refractivity contribution in [2.45, 2.75) is 13.3 Å². The molecule has 88 valence electrons. The molecule has 0 radical (unpaired) electrons. The number of nitrogens with zero attached hydrogens (tertiary/aromatic N) is 1. The van der Waals surface area contributed by atoms with E-state index in [2.05, 4.69) is 9.97 Å². The van der Waals surface area contributed by atoms with E-state index in [-0.39, 0.29) is 11.5 Å². The van der Waals surface area contributed by atoms with Gasteiger partial charge >= 0.3 is 5.97 Å². The second-order valence-corrected chi connectivity index (χ2v) is 3.58. The third-order valence-electron chi connectivity index (χ3n) is 2.43. The van der Waals surface area contributed by atoms with Crippen molar-refractivity contribution in [3.8, 4) is 11.4 Å². The Bertz CT molecular complexity index is 563. The number of benzene rings is 1. The maximum Gasteiger partial charge on any atom is 0.356 e. The van der Waals surface area contributed by atoms with Gasteiger partial charge in [0.1, 0.15) is 11.6 Å². The van der Waals surface area contributed by atoms with Crippen LogP contribution in [0.25, 0.3) is 11.4 Å². The minimum absolute atomic E-state index is 0.00763. The van der Waals surface area contributed by atoms with Crippen molar-refractivity contribution >= 4 is 5.97 Å². The van der Waals surface area contributed by atoms with Gasteiger partial charge in [0, 0.05) is 11.3 Å². The van der Waals surface area contributed by atoms with Crippen LogP contribution in [0.4, 0.5) is 4.39 Å². The second kappa shape index (κ2) is 4.37. The summed E-state index contributed by atoms with van der Waals surface area (Å²) in [5.41, 5.74) is 1.07. The van der Waals surface area contributed by atoms with Gasteiger partial charge in [-0.3, -0.25) is 0 Å². The first-order valence-electron chi connectivity index (χ1n) is 5.20. The van der Waals surface area contributed by atoms with E-state index in [9.17, 15) is 9.18 Å². The molecule has 2 N–H and O–H groups in total. The van der Waals surface area contributed by atoms with Crippen molar-refractivity contribution in [3.05, 3.63) is 41.5 Å². The van der Waals surface area contributed by atoms with Gasteiger partial charge in [-0.25, -0.2) is 14.2 Å². The van der Waals surface area contributed by atoms with E-state index in [0.717, 1.165) is 0 Å². The maximum atomic E-state index is 13.0. The molecule has 0 aliphatic carbocycles. The third-order valence-corrected chi connectivity index (χ3v) is 2.43. The zero-order chi connectivity index (χ0) is 12.4. The smallest absolute Gasteiger partial charge is 0.356 e. The highest BCUT2D eigenvalue weighted by atomic mass is 19.1. The Morgan fingerprint density at radius 2 is 2.29 bits per heavy atom. The molecule has 0 fully saturated rings. The van der Waals surface area contributed by atoms with Gasteiger partial charge in [-0.05, 0) is 18.6 Å². The van der Waals surface area contributed by atoms with E-state index >= 15 is 0 Å². The molecule has 0 amide bonds. The summed E-state index contributed by atoms with van der Waals surface area (Å²) in [6.45, 7) is 1.83. The summed E-state index contributed by atoms with van der Waals surface area (Å²) in [4.78, 5) is 17.8. The quantitative estimate of drug-likeness (QED) is 0.857. The van der Waals surface area contributed by atoms with Crippen molar-refractivity contribution < 1.29 is 14.3 Å². The van der Waals surface area contributed by atoms with E-state index in [0.29, 0.717) is 23.5 Å². The van der Waals surface area contributed by atoms with Gasteiger partial charge in [-0.2, -0.15) is 0 Å². The number of rotatable bonds is 3. The first-order chi connectivity index (χ1) is 8.11. The minimum Gasteiger partial charge on any atom is -0.476 e. The average molecular weight is 234 g/mol. The number of halogens is 1. The summed E-state index contributed by atoms with van der Waals surface area (Å²) >= 11 is 0. The number of aryl methyl sites for hydroxylation is 1. The summed E-state index contributed by atoms with van der Waals surface area (Å²) in [6.07, 6.45) is 0.532. The van der Waals surface area contributed by atoms with Crippen LogP contribution in [0.1, 0.15) is 23.1 Å². The van der Waals surface area contributed by atoms with Gasteiger partial charge in [0.25, 0.3) is 0 Å². The SMILES string of the molecule is CCc1[nH]c(-c2cccc(F)c2)nc1C(=O)O. The van der Waals surface area contributed by atoms with Crippen LogP contribution in [0.15, 0.2) is 24.3 Å². The Balaban J connectivity index is 2.50. The number of aromatic amines is 1. The van der Waals surface area contributed by atoms with Crippen molar-refractivity contribution in [3.63, 3.8) is 0 Å². The predicted octanol–water partition coefficient (Wildman–Crippen LogP) is 2.48. The highest BCUT2D eigenvalue weighted by Gasteiger charge is 2.16. The lowest BCUT2D eigenvalue weighted by molar-refractivity contribution is 0.0690. The minimum atomic E-state index is -1.08. The Morgan fingerprint density at radius 1 is 1.53 bits per heavy atom. The van der Waals surface area contributed by atoms with Crippen LogP contribution >= 0.6 is 0 Å². The Labute approximate surface area is 97.1 Å². The molecule has 0 atom stereocenters. The van der Waals surface area contributed by atoms with E-state index in [1.807, 2.05) is 6.92 Å². The summed E-state index contributed by atoms with van der Waals surface area (Å²) in [7, 11) is 0. The lowest BCUT2D eigenvalue weighted by Crippen LogP contribution is -2.00. The normalized spacial score (nSPS) is 10.5. The Morgan fingerprint density at radius 3 is 2.82 bits per heavy atom. The van der Waals surface area contributed by atoms with Crippen LogP contribution < -0.4 is 0 Å². The van der Waals surface area contributed by atoms with Gasteiger partial charge in [-0.15, -0.1) is 0 Å². The fourth-order valence-electron chi connectivity index (χ4n) is 1.61. The molecule has 1 aromatic carbocycles. The number of nitrogens with one attached hydrogen (secondary N) is 1. The molecule has 0 unspecified atom stereocenters. The highest BCUT2D eigenvalue weighted by Crippen LogP contribution is 2.19. The molecular formula is C12H11FN2O2. The summed E-state index contributed by atoms with van der Waals surface area (Å²) in [5.74, 6) is -1.09. The largest absolute Gasteiger partial charge is 0.476 e. The van der Waals surface area contributed by atoms with Crippen LogP contribution in [0.3, 0.4) is 0 Å². The number of aromatic carboxylic acids is 1. The molecular weight excluding hydrogens is 223 g/mol. The van der Waals surface area contributed by atoms with Crippen molar-refractivity contribution in [1.29, 1.82) is 0 Å². The van der Waals surface area contributed by atoms with E-state index in [1.54, 1.807) is 12.1 Å².